The summed E-state index contributed by atoms with van der Waals surface area (Å²) in [6.07, 6.45) is 3.25. The van der Waals surface area contributed by atoms with Crippen LogP contribution in [-0.4, -0.2) is 26.8 Å². The molecule has 3 rings (SSSR count). The SMILES string of the molecule is C=CCNS(=O)(=O)c1cccc(C(=O)Nc2cc(NC(=O)C3CC3)ccc2C)c1. The van der Waals surface area contributed by atoms with Crippen molar-refractivity contribution in [3.63, 3.8) is 0 Å². The van der Waals surface area contributed by atoms with E-state index in [0.717, 1.165) is 18.4 Å². The molecule has 1 fully saturated rings. The highest BCUT2D eigenvalue weighted by molar-refractivity contribution is 7.89. The average molecular weight is 413 g/mol. The van der Waals surface area contributed by atoms with Crippen molar-refractivity contribution in [2.45, 2.75) is 24.7 Å². The molecule has 0 saturated heterocycles. The summed E-state index contributed by atoms with van der Waals surface area (Å²) in [7, 11) is -3.73. The van der Waals surface area contributed by atoms with Gasteiger partial charge >= 0.3 is 0 Å². The van der Waals surface area contributed by atoms with Crippen molar-refractivity contribution < 1.29 is 18.0 Å². The van der Waals surface area contributed by atoms with E-state index >= 15 is 0 Å². The molecule has 152 valence electrons. The summed E-state index contributed by atoms with van der Waals surface area (Å²) in [5, 5.41) is 5.63. The molecule has 0 atom stereocenters. The van der Waals surface area contributed by atoms with Crippen molar-refractivity contribution in [3.8, 4) is 0 Å². The third kappa shape index (κ3) is 5.30. The third-order valence-corrected chi connectivity index (χ3v) is 5.95. The molecule has 1 aliphatic rings. The van der Waals surface area contributed by atoms with E-state index in [1.165, 1.54) is 30.3 Å². The number of amides is 2. The number of hydrogen-bond acceptors (Lipinski definition) is 4. The minimum Gasteiger partial charge on any atom is -0.326 e. The van der Waals surface area contributed by atoms with Gasteiger partial charge in [-0.15, -0.1) is 6.58 Å². The normalized spacial score (nSPS) is 13.6. The second-order valence-corrected chi connectivity index (χ2v) is 8.68. The minimum absolute atomic E-state index is 0.00540. The van der Waals surface area contributed by atoms with Gasteiger partial charge in [-0.1, -0.05) is 18.2 Å². The number of sulfonamides is 1. The summed E-state index contributed by atoms with van der Waals surface area (Å²) in [5.41, 5.74) is 2.17. The first-order valence-corrected chi connectivity index (χ1v) is 10.7. The van der Waals surface area contributed by atoms with Crippen LogP contribution in [0.3, 0.4) is 0 Å². The van der Waals surface area contributed by atoms with E-state index in [2.05, 4.69) is 21.9 Å². The van der Waals surface area contributed by atoms with Crippen LogP contribution in [0, 0.1) is 12.8 Å². The molecule has 0 aromatic heterocycles. The summed E-state index contributed by atoms with van der Waals surface area (Å²) >= 11 is 0. The monoisotopic (exact) mass is 413 g/mol. The molecule has 29 heavy (non-hydrogen) atoms. The molecular formula is C21H23N3O4S. The van der Waals surface area contributed by atoms with Crippen LogP contribution in [0.1, 0.15) is 28.8 Å². The second kappa shape index (κ2) is 8.59. The highest BCUT2D eigenvalue weighted by Crippen LogP contribution is 2.31. The highest BCUT2D eigenvalue weighted by Gasteiger charge is 2.29. The van der Waals surface area contributed by atoms with Crippen LogP contribution in [0.5, 0.6) is 0 Å². The molecule has 0 aliphatic heterocycles. The van der Waals surface area contributed by atoms with E-state index in [-0.39, 0.29) is 28.8 Å². The lowest BCUT2D eigenvalue weighted by atomic mass is 10.1. The Kier molecular flexibility index (Phi) is 6.14. The van der Waals surface area contributed by atoms with Gasteiger partial charge in [0.2, 0.25) is 15.9 Å². The summed E-state index contributed by atoms with van der Waals surface area (Å²) in [6, 6.07) is 11.1. The van der Waals surface area contributed by atoms with Gasteiger partial charge < -0.3 is 10.6 Å². The Balaban J connectivity index is 1.77. The molecule has 8 heteroatoms. The van der Waals surface area contributed by atoms with Crippen molar-refractivity contribution in [2.24, 2.45) is 5.92 Å². The maximum atomic E-state index is 12.7. The van der Waals surface area contributed by atoms with Gasteiger partial charge in [0, 0.05) is 29.4 Å². The van der Waals surface area contributed by atoms with Gasteiger partial charge in [0.25, 0.3) is 5.91 Å². The van der Waals surface area contributed by atoms with E-state index in [9.17, 15) is 18.0 Å². The first-order chi connectivity index (χ1) is 13.8. The van der Waals surface area contributed by atoms with Crippen LogP contribution < -0.4 is 15.4 Å². The molecular weight excluding hydrogens is 390 g/mol. The molecule has 0 heterocycles. The van der Waals surface area contributed by atoms with Crippen LogP contribution in [-0.2, 0) is 14.8 Å². The third-order valence-electron chi connectivity index (χ3n) is 4.53. The van der Waals surface area contributed by atoms with Crippen LogP contribution >= 0.6 is 0 Å². The van der Waals surface area contributed by atoms with Crippen LogP contribution in [0.25, 0.3) is 0 Å². The number of benzene rings is 2. The molecule has 2 aromatic rings. The molecule has 7 nitrogen and oxygen atoms in total. The lowest BCUT2D eigenvalue weighted by Crippen LogP contribution is -2.24. The predicted octanol–water partition coefficient (Wildman–Crippen LogP) is 3.06. The van der Waals surface area contributed by atoms with E-state index in [1.807, 2.05) is 6.92 Å². The summed E-state index contributed by atoms with van der Waals surface area (Å²) < 4.78 is 26.9. The molecule has 2 aromatic carbocycles. The van der Waals surface area contributed by atoms with E-state index in [1.54, 1.807) is 18.2 Å². The Morgan fingerprint density at radius 1 is 1.14 bits per heavy atom. The maximum Gasteiger partial charge on any atom is 0.255 e. The van der Waals surface area contributed by atoms with Crippen molar-refractivity contribution >= 4 is 33.2 Å². The Morgan fingerprint density at radius 2 is 1.90 bits per heavy atom. The fraction of sp³-hybridized carbons (Fsp3) is 0.238. The van der Waals surface area contributed by atoms with Crippen molar-refractivity contribution in [1.82, 2.24) is 4.72 Å². The minimum atomic E-state index is -3.73. The van der Waals surface area contributed by atoms with Gasteiger partial charge in [0.1, 0.15) is 0 Å². The number of rotatable bonds is 8. The van der Waals surface area contributed by atoms with Crippen LogP contribution in [0.15, 0.2) is 60.0 Å². The largest absolute Gasteiger partial charge is 0.326 e. The standard InChI is InChI=1S/C21H23N3O4S/c1-3-11-22-29(27,28)18-6-4-5-16(12-18)21(26)24-19-13-17(10-7-14(19)2)23-20(25)15-8-9-15/h3-7,10,12-13,15,22H,1,8-9,11H2,2H3,(H,23,25)(H,24,26). The second-order valence-electron chi connectivity index (χ2n) is 6.92. The fourth-order valence-corrected chi connectivity index (χ4v) is 3.72. The molecule has 3 N–H and O–H groups in total. The van der Waals surface area contributed by atoms with Gasteiger partial charge in [0.05, 0.1) is 4.90 Å². The maximum absolute atomic E-state index is 12.7. The zero-order valence-electron chi connectivity index (χ0n) is 16.1. The van der Waals surface area contributed by atoms with E-state index in [0.29, 0.717) is 11.4 Å². The van der Waals surface area contributed by atoms with Gasteiger partial charge in [-0.25, -0.2) is 13.1 Å². The number of anilines is 2. The van der Waals surface area contributed by atoms with Gasteiger partial charge in [-0.3, -0.25) is 9.59 Å². The molecule has 1 aliphatic carbocycles. The summed E-state index contributed by atoms with van der Waals surface area (Å²) in [4.78, 5) is 24.6. The Bertz CT molecular complexity index is 1060. The molecule has 0 unspecified atom stereocenters. The fourth-order valence-electron chi connectivity index (χ4n) is 2.68. The molecule has 0 radical (unpaired) electrons. The van der Waals surface area contributed by atoms with Gasteiger partial charge in [-0.2, -0.15) is 0 Å². The van der Waals surface area contributed by atoms with Crippen LogP contribution in [0.2, 0.25) is 0 Å². The number of nitrogens with one attached hydrogen (secondary N) is 3. The Labute approximate surface area is 170 Å². The van der Waals surface area contributed by atoms with E-state index < -0.39 is 15.9 Å². The summed E-state index contributed by atoms with van der Waals surface area (Å²) in [5.74, 6) is -0.385. The lowest BCUT2D eigenvalue weighted by molar-refractivity contribution is -0.117. The molecule has 2 amide bonds. The number of carbonyl (C=O) groups is 2. The lowest BCUT2D eigenvalue weighted by Gasteiger charge is -2.12. The molecule has 1 saturated carbocycles. The number of hydrogen-bond donors (Lipinski definition) is 3. The Hall–Kier alpha value is -2.97. The van der Waals surface area contributed by atoms with Crippen LogP contribution in [0.4, 0.5) is 11.4 Å². The molecule has 0 bridgehead atoms. The van der Waals surface area contributed by atoms with Crippen molar-refractivity contribution in [2.75, 3.05) is 17.2 Å². The summed E-state index contributed by atoms with van der Waals surface area (Å²) in [6.45, 7) is 5.41. The first-order valence-electron chi connectivity index (χ1n) is 9.23. The topological polar surface area (TPSA) is 104 Å². The van der Waals surface area contributed by atoms with Crippen molar-refractivity contribution in [3.05, 3.63) is 66.2 Å². The van der Waals surface area contributed by atoms with E-state index in [4.69, 9.17) is 0 Å². The number of carbonyl (C=O) groups excluding carboxylic acids is 2. The number of aryl methyl sites for hydroxylation is 1. The predicted molar refractivity (Wildman–Crippen MR) is 112 cm³/mol. The smallest absolute Gasteiger partial charge is 0.255 e. The Morgan fingerprint density at radius 3 is 2.59 bits per heavy atom. The van der Waals surface area contributed by atoms with Gasteiger partial charge in [-0.05, 0) is 55.7 Å². The molecule has 0 spiro atoms. The average Bonchev–Trinajstić information content (AvgIpc) is 3.54. The zero-order chi connectivity index (χ0) is 21.0. The van der Waals surface area contributed by atoms with Crippen molar-refractivity contribution in [1.29, 1.82) is 0 Å². The highest BCUT2D eigenvalue weighted by atomic mass is 32.2. The first kappa shape index (κ1) is 20.8. The zero-order valence-corrected chi connectivity index (χ0v) is 16.9. The van der Waals surface area contributed by atoms with Gasteiger partial charge in [0.15, 0.2) is 0 Å². The quantitative estimate of drug-likeness (QED) is 0.579.